The zero-order chi connectivity index (χ0) is 12.8. The number of rotatable bonds is 6. The zero-order valence-corrected chi connectivity index (χ0v) is 10.2. The molecule has 0 spiro atoms. The van der Waals surface area contributed by atoms with Crippen LogP contribution in [0.15, 0.2) is 18.2 Å². The van der Waals surface area contributed by atoms with Gasteiger partial charge in [0, 0.05) is 13.2 Å². The molecular formula is C13H19F2NO. The number of hydrogen-bond donors (Lipinski definition) is 1. The van der Waals surface area contributed by atoms with E-state index in [1.807, 2.05) is 6.92 Å². The fourth-order valence-electron chi connectivity index (χ4n) is 1.66. The smallest absolute Gasteiger partial charge is 0.162 e. The van der Waals surface area contributed by atoms with E-state index in [0.717, 1.165) is 18.9 Å². The molecule has 17 heavy (non-hydrogen) atoms. The molecule has 2 atom stereocenters. The van der Waals surface area contributed by atoms with E-state index >= 15 is 0 Å². The van der Waals surface area contributed by atoms with Crippen molar-refractivity contribution in [3.63, 3.8) is 0 Å². The molecule has 0 bridgehead atoms. The minimum atomic E-state index is -0.819. The summed E-state index contributed by atoms with van der Waals surface area (Å²) in [4.78, 5) is 0. The SMILES string of the molecule is COC(C)CCC(N)Cc1cccc(F)c1F. The Morgan fingerprint density at radius 3 is 2.65 bits per heavy atom. The predicted octanol–water partition coefficient (Wildman–Crippen LogP) is 2.65. The van der Waals surface area contributed by atoms with Gasteiger partial charge in [0.25, 0.3) is 0 Å². The van der Waals surface area contributed by atoms with Crippen LogP contribution in [0.3, 0.4) is 0 Å². The highest BCUT2D eigenvalue weighted by atomic mass is 19.2. The van der Waals surface area contributed by atoms with E-state index in [9.17, 15) is 8.78 Å². The molecule has 2 N–H and O–H groups in total. The summed E-state index contributed by atoms with van der Waals surface area (Å²) in [5, 5.41) is 0. The largest absolute Gasteiger partial charge is 0.382 e. The van der Waals surface area contributed by atoms with Gasteiger partial charge in [-0.15, -0.1) is 0 Å². The quantitative estimate of drug-likeness (QED) is 0.833. The van der Waals surface area contributed by atoms with E-state index in [0.29, 0.717) is 12.0 Å². The van der Waals surface area contributed by atoms with Crippen molar-refractivity contribution >= 4 is 0 Å². The van der Waals surface area contributed by atoms with Crippen molar-refractivity contribution < 1.29 is 13.5 Å². The van der Waals surface area contributed by atoms with E-state index in [1.165, 1.54) is 6.07 Å². The second-order valence-electron chi connectivity index (χ2n) is 4.30. The van der Waals surface area contributed by atoms with Gasteiger partial charge >= 0.3 is 0 Å². The summed E-state index contributed by atoms with van der Waals surface area (Å²) in [5.41, 5.74) is 6.22. The molecule has 0 aliphatic carbocycles. The molecule has 1 aromatic rings. The predicted molar refractivity (Wildman–Crippen MR) is 63.7 cm³/mol. The first-order valence-corrected chi connectivity index (χ1v) is 5.75. The summed E-state index contributed by atoms with van der Waals surface area (Å²) in [6.45, 7) is 1.95. The van der Waals surface area contributed by atoms with Crippen LogP contribution in [0.2, 0.25) is 0 Å². The summed E-state index contributed by atoms with van der Waals surface area (Å²) >= 11 is 0. The summed E-state index contributed by atoms with van der Waals surface area (Å²) in [5.74, 6) is -1.61. The first-order valence-electron chi connectivity index (χ1n) is 5.75. The number of ether oxygens (including phenoxy) is 1. The lowest BCUT2D eigenvalue weighted by atomic mass is 10.0. The Morgan fingerprint density at radius 1 is 1.29 bits per heavy atom. The number of nitrogens with two attached hydrogens (primary N) is 1. The molecule has 2 nitrogen and oxygen atoms in total. The van der Waals surface area contributed by atoms with Gasteiger partial charge in [0.15, 0.2) is 11.6 Å². The van der Waals surface area contributed by atoms with Gasteiger partial charge in [0.05, 0.1) is 6.10 Å². The van der Waals surface area contributed by atoms with Gasteiger partial charge in [-0.2, -0.15) is 0 Å². The van der Waals surface area contributed by atoms with Crippen LogP contribution in [0.4, 0.5) is 8.78 Å². The van der Waals surface area contributed by atoms with Crippen LogP contribution in [-0.2, 0) is 11.2 Å². The first kappa shape index (κ1) is 14.1. The highest BCUT2D eigenvalue weighted by Crippen LogP contribution is 2.14. The maximum Gasteiger partial charge on any atom is 0.162 e. The van der Waals surface area contributed by atoms with Crippen LogP contribution < -0.4 is 5.73 Å². The lowest BCUT2D eigenvalue weighted by Gasteiger charge is -2.15. The summed E-state index contributed by atoms with van der Waals surface area (Å²) < 4.78 is 31.4. The van der Waals surface area contributed by atoms with Gasteiger partial charge in [-0.1, -0.05) is 12.1 Å². The Bertz CT molecular complexity index is 357. The number of methoxy groups -OCH3 is 1. The Labute approximate surface area is 101 Å². The third-order valence-electron chi connectivity index (χ3n) is 2.86. The van der Waals surface area contributed by atoms with Crippen molar-refractivity contribution in [2.75, 3.05) is 7.11 Å². The van der Waals surface area contributed by atoms with Crippen LogP contribution >= 0.6 is 0 Å². The van der Waals surface area contributed by atoms with Gasteiger partial charge in [0.2, 0.25) is 0 Å². The number of hydrogen-bond acceptors (Lipinski definition) is 2. The van der Waals surface area contributed by atoms with E-state index in [4.69, 9.17) is 10.5 Å². The van der Waals surface area contributed by atoms with Crippen molar-refractivity contribution in [1.29, 1.82) is 0 Å². The minimum Gasteiger partial charge on any atom is -0.382 e. The summed E-state index contributed by atoms with van der Waals surface area (Å²) in [6, 6.07) is 4.00. The van der Waals surface area contributed by atoms with Gasteiger partial charge < -0.3 is 10.5 Å². The van der Waals surface area contributed by atoms with Gasteiger partial charge in [-0.25, -0.2) is 8.78 Å². The molecule has 1 rings (SSSR count). The third kappa shape index (κ3) is 4.40. The molecule has 0 amide bonds. The summed E-state index contributed by atoms with van der Waals surface area (Å²) in [6.07, 6.45) is 2.03. The van der Waals surface area contributed by atoms with Crippen LogP contribution in [-0.4, -0.2) is 19.3 Å². The van der Waals surface area contributed by atoms with Crippen LogP contribution in [0.1, 0.15) is 25.3 Å². The molecule has 0 saturated carbocycles. The molecule has 0 aliphatic rings. The van der Waals surface area contributed by atoms with E-state index in [2.05, 4.69) is 0 Å². The summed E-state index contributed by atoms with van der Waals surface area (Å²) in [7, 11) is 1.64. The highest BCUT2D eigenvalue weighted by molar-refractivity contribution is 5.19. The van der Waals surface area contributed by atoms with Crippen LogP contribution in [0.5, 0.6) is 0 Å². The molecule has 0 heterocycles. The van der Waals surface area contributed by atoms with Gasteiger partial charge in [-0.05, 0) is 37.8 Å². The van der Waals surface area contributed by atoms with Crippen LogP contribution in [0, 0.1) is 11.6 Å². The molecule has 1 aromatic carbocycles. The van der Waals surface area contributed by atoms with E-state index in [-0.39, 0.29) is 12.1 Å². The van der Waals surface area contributed by atoms with Crippen molar-refractivity contribution in [2.24, 2.45) is 5.73 Å². The van der Waals surface area contributed by atoms with E-state index < -0.39 is 11.6 Å². The fraction of sp³-hybridized carbons (Fsp3) is 0.538. The topological polar surface area (TPSA) is 35.2 Å². The Balaban J connectivity index is 2.50. The fourth-order valence-corrected chi connectivity index (χ4v) is 1.66. The van der Waals surface area contributed by atoms with Crippen molar-refractivity contribution in [2.45, 2.75) is 38.3 Å². The molecule has 2 unspecified atom stereocenters. The lowest BCUT2D eigenvalue weighted by Crippen LogP contribution is -2.25. The van der Waals surface area contributed by atoms with Crippen molar-refractivity contribution in [1.82, 2.24) is 0 Å². The Hall–Kier alpha value is -1.00. The maximum absolute atomic E-state index is 13.4. The zero-order valence-electron chi connectivity index (χ0n) is 10.2. The molecule has 0 radical (unpaired) electrons. The van der Waals surface area contributed by atoms with Crippen molar-refractivity contribution in [3.05, 3.63) is 35.4 Å². The first-order chi connectivity index (χ1) is 8.04. The lowest BCUT2D eigenvalue weighted by molar-refractivity contribution is 0.107. The van der Waals surface area contributed by atoms with E-state index in [1.54, 1.807) is 13.2 Å². The highest BCUT2D eigenvalue weighted by Gasteiger charge is 2.12. The molecule has 0 saturated heterocycles. The average molecular weight is 243 g/mol. The molecule has 4 heteroatoms. The molecule has 0 aromatic heterocycles. The number of benzene rings is 1. The minimum absolute atomic E-state index is 0.137. The molecule has 96 valence electrons. The van der Waals surface area contributed by atoms with Crippen LogP contribution in [0.25, 0.3) is 0 Å². The Kier molecular flexibility index (Phi) is 5.51. The standard InChI is InChI=1S/C13H19F2NO/c1-9(17-2)6-7-11(16)8-10-4-3-5-12(14)13(10)15/h3-5,9,11H,6-8,16H2,1-2H3. The second-order valence-corrected chi connectivity index (χ2v) is 4.30. The maximum atomic E-state index is 13.4. The number of halogens is 2. The average Bonchev–Trinajstić information content (AvgIpc) is 2.32. The second kappa shape index (κ2) is 6.67. The monoisotopic (exact) mass is 243 g/mol. The molecule has 0 aliphatic heterocycles. The van der Waals surface area contributed by atoms with Crippen molar-refractivity contribution in [3.8, 4) is 0 Å². The van der Waals surface area contributed by atoms with Gasteiger partial charge in [-0.3, -0.25) is 0 Å². The third-order valence-corrected chi connectivity index (χ3v) is 2.86. The normalized spacial score (nSPS) is 14.6. The molecular weight excluding hydrogens is 224 g/mol. The Morgan fingerprint density at radius 2 is 2.00 bits per heavy atom. The molecule has 0 fully saturated rings. The van der Waals surface area contributed by atoms with Gasteiger partial charge in [0.1, 0.15) is 0 Å².